The van der Waals surface area contributed by atoms with Gasteiger partial charge in [0, 0.05) is 15.7 Å². The van der Waals surface area contributed by atoms with Gasteiger partial charge in [-0.15, -0.1) is 0 Å². The van der Waals surface area contributed by atoms with E-state index in [4.69, 9.17) is 23.2 Å². The molecule has 0 saturated carbocycles. The monoisotopic (exact) mass is 318 g/mol. The van der Waals surface area contributed by atoms with Gasteiger partial charge in [0.15, 0.2) is 0 Å². The SMILES string of the molecule is Clc1cc(Cl)cc(NCc2cnn(-c3ccccc3)n2)c1. The highest BCUT2D eigenvalue weighted by molar-refractivity contribution is 6.35. The minimum Gasteiger partial charge on any atom is -0.379 e. The van der Waals surface area contributed by atoms with Gasteiger partial charge in [0.25, 0.3) is 0 Å². The smallest absolute Gasteiger partial charge is 0.102 e. The molecule has 0 aliphatic rings. The van der Waals surface area contributed by atoms with Crippen molar-refractivity contribution < 1.29 is 0 Å². The van der Waals surface area contributed by atoms with Crippen molar-refractivity contribution in [2.45, 2.75) is 6.54 Å². The summed E-state index contributed by atoms with van der Waals surface area (Å²) in [5.41, 5.74) is 2.60. The summed E-state index contributed by atoms with van der Waals surface area (Å²) in [6, 6.07) is 15.1. The number of anilines is 1. The second-order valence-corrected chi connectivity index (χ2v) is 5.35. The van der Waals surface area contributed by atoms with Gasteiger partial charge in [0.1, 0.15) is 5.69 Å². The molecule has 0 aliphatic carbocycles. The van der Waals surface area contributed by atoms with Gasteiger partial charge in [-0.05, 0) is 30.3 Å². The Morgan fingerprint density at radius 3 is 2.43 bits per heavy atom. The Labute approximate surface area is 132 Å². The lowest BCUT2D eigenvalue weighted by molar-refractivity contribution is 0.740. The standard InChI is InChI=1S/C15H12Cl2N4/c16-11-6-12(17)8-13(7-11)18-9-14-10-19-21(20-14)15-4-2-1-3-5-15/h1-8,10,18H,9H2. The van der Waals surface area contributed by atoms with E-state index in [1.807, 2.05) is 42.5 Å². The van der Waals surface area contributed by atoms with E-state index < -0.39 is 0 Å². The summed E-state index contributed by atoms with van der Waals surface area (Å²) in [6.07, 6.45) is 1.73. The van der Waals surface area contributed by atoms with Crippen molar-refractivity contribution in [3.63, 3.8) is 0 Å². The van der Waals surface area contributed by atoms with Crippen LogP contribution in [-0.4, -0.2) is 15.0 Å². The van der Waals surface area contributed by atoms with Crippen LogP contribution in [0.15, 0.2) is 54.7 Å². The molecule has 0 amide bonds. The van der Waals surface area contributed by atoms with Gasteiger partial charge in [-0.25, -0.2) is 0 Å². The predicted molar refractivity (Wildman–Crippen MR) is 85.1 cm³/mol. The average molecular weight is 319 g/mol. The molecule has 0 saturated heterocycles. The third-order valence-corrected chi connectivity index (χ3v) is 3.30. The van der Waals surface area contributed by atoms with E-state index in [-0.39, 0.29) is 0 Å². The lowest BCUT2D eigenvalue weighted by Gasteiger charge is -2.05. The summed E-state index contributed by atoms with van der Waals surface area (Å²) in [5.74, 6) is 0. The fraction of sp³-hybridized carbons (Fsp3) is 0.0667. The molecule has 0 aliphatic heterocycles. The first-order valence-corrected chi connectivity index (χ1v) is 7.13. The summed E-state index contributed by atoms with van der Waals surface area (Å²) in [5, 5.41) is 13.1. The quantitative estimate of drug-likeness (QED) is 0.784. The van der Waals surface area contributed by atoms with Gasteiger partial charge in [-0.1, -0.05) is 41.4 Å². The first-order valence-electron chi connectivity index (χ1n) is 6.37. The van der Waals surface area contributed by atoms with Crippen molar-refractivity contribution in [2.75, 3.05) is 5.32 Å². The number of halogens is 2. The van der Waals surface area contributed by atoms with Gasteiger partial charge in [0.2, 0.25) is 0 Å². The normalized spacial score (nSPS) is 10.6. The number of para-hydroxylation sites is 1. The van der Waals surface area contributed by atoms with Crippen LogP contribution in [0.4, 0.5) is 5.69 Å². The van der Waals surface area contributed by atoms with Gasteiger partial charge in [-0.2, -0.15) is 15.0 Å². The molecule has 21 heavy (non-hydrogen) atoms. The molecule has 106 valence electrons. The number of hydrogen-bond acceptors (Lipinski definition) is 3. The molecule has 0 atom stereocenters. The summed E-state index contributed by atoms with van der Waals surface area (Å²) < 4.78 is 0. The van der Waals surface area contributed by atoms with Crippen molar-refractivity contribution in [3.05, 3.63) is 70.5 Å². The van der Waals surface area contributed by atoms with Crippen LogP contribution in [0.2, 0.25) is 10.0 Å². The van der Waals surface area contributed by atoms with Crippen LogP contribution < -0.4 is 5.32 Å². The van der Waals surface area contributed by atoms with E-state index in [1.165, 1.54) is 0 Å². The molecule has 3 aromatic rings. The Kier molecular flexibility index (Phi) is 4.08. The van der Waals surface area contributed by atoms with Crippen LogP contribution in [0, 0.1) is 0 Å². The predicted octanol–water partition coefficient (Wildman–Crippen LogP) is 4.19. The van der Waals surface area contributed by atoms with E-state index in [9.17, 15) is 0 Å². The number of rotatable bonds is 4. The fourth-order valence-corrected chi connectivity index (χ4v) is 2.44. The summed E-state index contributed by atoms with van der Waals surface area (Å²) in [4.78, 5) is 1.60. The highest BCUT2D eigenvalue weighted by Crippen LogP contribution is 2.22. The largest absolute Gasteiger partial charge is 0.379 e. The van der Waals surface area contributed by atoms with Crippen LogP contribution in [0.5, 0.6) is 0 Å². The van der Waals surface area contributed by atoms with Crippen LogP contribution in [0.1, 0.15) is 5.69 Å². The lowest BCUT2D eigenvalue weighted by atomic mass is 10.3. The second-order valence-electron chi connectivity index (χ2n) is 4.47. The van der Waals surface area contributed by atoms with E-state index in [1.54, 1.807) is 17.1 Å². The molecule has 4 nitrogen and oxygen atoms in total. The maximum atomic E-state index is 5.96. The van der Waals surface area contributed by atoms with E-state index >= 15 is 0 Å². The minimum atomic E-state index is 0.545. The Bertz CT molecular complexity index is 720. The Morgan fingerprint density at radius 1 is 1.00 bits per heavy atom. The molecule has 2 aromatic carbocycles. The molecular weight excluding hydrogens is 307 g/mol. The summed E-state index contributed by atoms with van der Waals surface area (Å²) >= 11 is 11.9. The van der Waals surface area contributed by atoms with Crippen molar-refractivity contribution in [2.24, 2.45) is 0 Å². The Hall–Kier alpha value is -2.04. The zero-order valence-corrected chi connectivity index (χ0v) is 12.5. The third-order valence-electron chi connectivity index (χ3n) is 2.86. The van der Waals surface area contributed by atoms with Gasteiger partial charge < -0.3 is 5.32 Å². The van der Waals surface area contributed by atoms with Crippen LogP contribution in [0.3, 0.4) is 0 Å². The second kappa shape index (κ2) is 6.16. The van der Waals surface area contributed by atoms with E-state index in [2.05, 4.69) is 15.5 Å². The first kappa shape index (κ1) is 13.9. The van der Waals surface area contributed by atoms with Crippen molar-refractivity contribution >= 4 is 28.9 Å². The van der Waals surface area contributed by atoms with Crippen LogP contribution >= 0.6 is 23.2 Å². The minimum absolute atomic E-state index is 0.545. The zero-order chi connectivity index (χ0) is 14.7. The van der Waals surface area contributed by atoms with Crippen molar-refractivity contribution in [1.29, 1.82) is 0 Å². The maximum Gasteiger partial charge on any atom is 0.102 e. The molecule has 1 heterocycles. The Morgan fingerprint density at radius 2 is 1.71 bits per heavy atom. The Balaban J connectivity index is 1.70. The highest BCUT2D eigenvalue weighted by Gasteiger charge is 2.03. The molecule has 3 rings (SSSR count). The fourth-order valence-electron chi connectivity index (χ4n) is 1.91. The highest BCUT2D eigenvalue weighted by atomic mass is 35.5. The van der Waals surface area contributed by atoms with E-state index in [0.717, 1.165) is 17.1 Å². The molecule has 0 fully saturated rings. The third kappa shape index (κ3) is 3.54. The number of nitrogens with zero attached hydrogens (tertiary/aromatic N) is 3. The maximum absolute atomic E-state index is 5.96. The number of hydrogen-bond donors (Lipinski definition) is 1. The number of nitrogens with one attached hydrogen (secondary N) is 1. The van der Waals surface area contributed by atoms with Gasteiger partial charge >= 0.3 is 0 Å². The first-order chi connectivity index (χ1) is 10.2. The topological polar surface area (TPSA) is 42.7 Å². The molecule has 0 bridgehead atoms. The molecule has 1 aromatic heterocycles. The lowest BCUT2D eigenvalue weighted by Crippen LogP contribution is -2.02. The van der Waals surface area contributed by atoms with Gasteiger partial charge in [0.05, 0.1) is 18.4 Å². The molecule has 0 unspecified atom stereocenters. The van der Waals surface area contributed by atoms with Crippen LogP contribution in [-0.2, 0) is 6.54 Å². The van der Waals surface area contributed by atoms with Crippen molar-refractivity contribution in [1.82, 2.24) is 15.0 Å². The number of aromatic nitrogens is 3. The molecular formula is C15H12Cl2N4. The molecule has 0 spiro atoms. The summed E-state index contributed by atoms with van der Waals surface area (Å²) in [7, 11) is 0. The van der Waals surface area contributed by atoms with Gasteiger partial charge in [-0.3, -0.25) is 0 Å². The molecule has 0 radical (unpaired) electrons. The number of benzene rings is 2. The van der Waals surface area contributed by atoms with Crippen LogP contribution in [0.25, 0.3) is 5.69 Å². The molecule has 1 N–H and O–H groups in total. The average Bonchev–Trinajstić information content (AvgIpc) is 2.94. The zero-order valence-electron chi connectivity index (χ0n) is 11.0. The van der Waals surface area contributed by atoms with E-state index in [0.29, 0.717) is 16.6 Å². The summed E-state index contributed by atoms with van der Waals surface area (Å²) in [6.45, 7) is 0.545. The van der Waals surface area contributed by atoms with Crippen molar-refractivity contribution in [3.8, 4) is 5.69 Å². The molecule has 6 heteroatoms.